The summed E-state index contributed by atoms with van der Waals surface area (Å²) < 4.78 is 38.9. The van der Waals surface area contributed by atoms with Crippen molar-refractivity contribution >= 4 is 45.0 Å². The van der Waals surface area contributed by atoms with Crippen molar-refractivity contribution in [2.24, 2.45) is 0 Å². The molecule has 3 rings (SSSR count). The Kier molecular flexibility index (Phi) is 5.73. The van der Waals surface area contributed by atoms with Crippen LogP contribution < -0.4 is 10.2 Å². The monoisotopic (exact) mass is 423 g/mol. The van der Waals surface area contributed by atoms with E-state index in [0.29, 0.717) is 16.3 Å². The van der Waals surface area contributed by atoms with Crippen molar-refractivity contribution in [3.05, 3.63) is 48.3 Å². The molecule has 2 aromatic rings. The Balaban J connectivity index is 1.87. The number of rotatable bonds is 5. The standard InChI is InChI=1S/C18H18FN3O4S2/c1-21(2)28(25,26)14-7-8-16-15(9-14)22(18(24)11-27-16)10-17(23)20-13-5-3-12(19)4-6-13/h3-9H,10-11H2,1-2H3,(H,20,23). The first kappa shape index (κ1) is 20.3. The lowest BCUT2D eigenvalue weighted by Crippen LogP contribution is -2.41. The van der Waals surface area contributed by atoms with E-state index < -0.39 is 21.7 Å². The van der Waals surface area contributed by atoms with Crippen LogP contribution in [0.15, 0.2) is 52.3 Å². The summed E-state index contributed by atoms with van der Waals surface area (Å²) in [5.74, 6) is -1.05. The molecule has 0 aliphatic carbocycles. The van der Waals surface area contributed by atoms with Crippen molar-refractivity contribution in [3.8, 4) is 0 Å². The molecule has 1 heterocycles. The predicted molar refractivity (Wildman–Crippen MR) is 105 cm³/mol. The molecule has 0 fully saturated rings. The van der Waals surface area contributed by atoms with Crippen molar-refractivity contribution in [1.29, 1.82) is 0 Å². The molecule has 10 heteroatoms. The minimum Gasteiger partial charge on any atom is -0.325 e. The van der Waals surface area contributed by atoms with E-state index in [0.717, 1.165) is 4.31 Å². The third kappa shape index (κ3) is 4.18. The Morgan fingerprint density at radius 3 is 2.54 bits per heavy atom. The minimum absolute atomic E-state index is 0.0375. The number of halogens is 1. The number of amides is 2. The lowest BCUT2D eigenvalue weighted by molar-refractivity contribution is -0.120. The maximum absolute atomic E-state index is 13.0. The summed E-state index contributed by atoms with van der Waals surface area (Å²) in [4.78, 5) is 26.8. The second-order valence-electron chi connectivity index (χ2n) is 6.24. The molecular weight excluding hydrogens is 405 g/mol. The third-order valence-corrected chi connectivity index (χ3v) is 6.94. The van der Waals surface area contributed by atoms with Gasteiger partial charge in [0.05, 0.1) is 16.3 Å². The van der Waals surface area contributed by atoms with Gasteiger partial charge in [0.25, 0.3) is 0 Å². The van der Waals surface area contributed by atoms with Crippen molar-refractivity contribution in [2.45, 2.75) is 9.79 Å². The van der Waals surface area contributed by atoms with Crippen molar-refractivity contribution in [2.75, 3.05) is 36.6 Å². The minimum atomic E-state index is -3.68. The second kappa shape index (κ2) is 7.90. The number of thioether (sulfide) groups is 1. The van der Waals surface area contributed by atoms with E-state index in [1.54, 1.807) is 6.07 Å². The highest BCUT2D eigenvalue weighted by Gasteiger charge is 2.29. The largest absolute Gasteiger partial charge is 0.325 e. The van der Waals surface area contributed by atoms with Gasteiger partial charge in [-0.05, 0) is 42.5 Å². The molecule has 1 aliphatic rings. The smallest absolute Gasteiger partial charge is 0.244 e. The molecule has 7 nitrogen and oxygen atoms in total. The van der Waals surface area contributed by atoms with Crippen LogP contribution in [0.25, 0.3) is 0 Å². The topological polar surface area (TPSA) is 86.8 Å². The Hall–Kier alpha value is -2.43. The van der Waals surface area contributed by atoms with Crippen LogP contribution in [-0.2, 0) is 19.6 Å². The number of nitrogens with one attached hydrogen (secondary N) is 1. The number of anilines is 2. The third-order valence-electron chi connectivity index (χ3n) is 4.08. The van der Waals surface area contributed by atoms with Gasteiger partial charge < -0.3 is 10.2 Å². The number of carbonyl (C=O) groups excluding carboxylic acids is 2. The number of nitrogens with zero attached hydrogens (tertiary/aromatic N) is 2. The number of carbonyl (C=O) groups is 2. The summed E-state index contributed by atoms with van der Waals surface area (Å²) in [5, 5.41) is 2.60. The number of hydrogen-bond acceptors (Lipinski definition) is 5. The molecule has 2 amide bonds. The van der Waals surface area contributed by atoms with Crippen LogP contribution in [0.4, 0.5) is 15.8 Å². The molecule has 0 saturated carbocycles. The molecule has 0 unspecified atom stereocenters. The number of hydrogen-bond donors (Lipinski definition) is 1. The van der Waals surface area contributed by atoms with E-state index in [9.17, 15) is 22.4 Å². The first-order valence-electron chi connectivity index (χ1n) is 8.23. The van der Waals surface area contributed by atoms with Gasteiger partial charge in [-0.3, -0.25) is 9.59 Å². The molecule has 0 bridgehead atoms. The first-order valence-corrected chi connectivity index (χ1v) is 10.7. The fourth-order valence-electron chi connectivity index (χ4n) is 2.60. The Bertz CT molecular complexity index is 1020. The van der Waals surface area contributed by atoms with Gasteiger partial charge in [-0.25, -0.2) is 17.1 Å². The SMILES string of the molecule is CN(C)S(=O)(=O)c1ccc2c(c1)N(CC(=O)Nc1ccc(F)cc1)C(=O)CS2. The summed E-state index contributed by atoms with van der Waals surface area (Å²) in [6.07, 6.45) is 0. The normalized spacial score (nSPS) is 14.1. The summed E-state index contributed by atoms with van der Waals surface area (Å²) in [7, 11) is -0.844. The van der Waals surface area contributed by atoms with Crippen LogP contribution >= 0.6 is 11.8 Å². The van der Waals surface area contributed by atoms with Crippen LogP contribution in [0.5, 0.6) is 0 Å². The first-order chi connectivity index (χ1) is 13.2. The molecule has 148 valence electrons. The Morgan fingerprint density at radius 2 is 1.89 bits per heavy atom. The Morgan fingerprint density at radius 1 is 1.21 bits per heavy atom. The Labute approximate surface area is 166 Å². The van der Waals surface area contributed by atoms with Crippen LogP contribution in [0, 0.1) is 5.82 Å². The lowest BCUT2D eigenvalue weighted by atomic mass is 10.2. The second-order valence-corrected chi connectivity index (χ2v) is 9.41. The molecule has 0 aromatic heterocycles. The van der Waals surface area contributed by atoms with Gasteiger partial charge in [-0.1, -0.05) is 0 Å². The van der Waals surface area contributed by atoms with Gasteiger partial charge in [-0.15, -0.1) is 11.8 Å². The predicted octanol–water partition coefficient (Wildman–Crippen LogP) is 2.15. The van der Waals surface area contributed by atoms with Gasteiger partial charge in [-0.2, -0.15) is 0 Å². The van der Waals surface area contributed by atoms with E-state index in [-0.39, 0.29) is 23.1 Å². The van der Waals surface area contributed by atoms with Crippen LogP contribution in [0.3, 0.4) is 0 Å². The van der Waals surface area contributed by atoms with E-state index in [1.807, 2.05) is 0 Å². The average molecular weight is 423 g/mol. The van der Waals surface area contributed by atoms with Gasteiger partial charge in [0.15, 0.2) is 0 Å². The fourth-order valence-corrected chi connectivity index (χ4v) is 4.44. The highest BCUT2D eigenvalue weighted by Crippen LogP contribution is 2.37. The molecule has 0 radical (unpaired) electrons. The van der Waals surface area contributed by atoms with Crippen LogP contribution in [0.2, 0.25) is 0 Å². The van der Waals surface area contributed by atoms with E-state index in [1.165, 1.54) is 67.2 Å². The zero-order chi connectivity index (χ0) is 20.5. The zero-order valence-electron chi connectivity index (χ0n) is 15.2. The van der Waals surface area contributed by atoms with Crippen LogP contribution in [0.1, 0.15) is 0 Å². The summed E-state index contributed by atoms with van der Waals surface area (Å²) >= 11 is 1.29. The molecule has 0 saturated heterocycles. The average Bonchev–Trinajstić information content (AvgIpc) is 2.65. The highest BCUT2D eigenvalue weighted by molar-refractivity contribution is 8.00. The molecule has 2 aromatic carbocycles. The summed E-state index contributed by atoms with van der Waals surface area (Å²) in [5.41, 5.74) is 0.771. The molecule has 1 aliphatic heterocycles. The zero-order valence-corrected chi connectivity index (χ0v) is 16.8. The fraction of sp³-hybridized carbons (Fsp3) is 0.222. The number of benzene rings is 2. The van der Waals surface area contributed by atoms with E-state index in [4.69, 9.17) is 0 Å². The van der Waals surface area contributed by atoms with E-state index >= 15 is 0 Å². The summed E-state index contributed by atoms with van der Waals surface area (Å²) in [6.45, 7) is -0.283. The quantitative estimate of drug-likeness (QED) is 0.796. The lowest BCUT2D eigenvalue weighted by Gasteiger charge is -2.29. The van der Waals surface area contributed by atoms with E-state index in [2.05, 4.69) is 5.32 Å². The van der Waals surface area contributed by atoms with Crippen molar-refractivity contribution < 1.29 is 22.4 Å². The summed E-state index contributed by atoms with van der Waals surface area (Å²) in [6, 6.07) is 9.77. The van der Waals surface area contributed by atoms with Crippen molar-refractivity contribution in [1.82, 2.24) is 4.31 Å². The molecule has 0 atom stereocenters. The molecule has 0 spiro atoms. The van der Waals surface area contributed by atoms with Crippen LogP contribution in [-0.4, -0.2) is 50.9 Å². The molecule has 28 heavy (non-hydrogen) atoms. The van der Waals surface area contributed by atoms with Crippen molar-refractivity contribution in [3.63, 3.8) is 0 Å². The van der Waals surface area contributed by atoms with Gasteiger partial charge in [0.1, 0.15) is 12.4 Å². The van der Waals surface area contributed by atoms with Gasteiger partial charge >= 0.3 is 0 Å². The number of sulfonamides is 1. The van der Waals surface area contributed by atoms with Gasteiger partial charge in [0, 0.05) is 24.7 Å². The molecule has 1 N–H and O–H groups in total. The number of fused-ring (bicyclic) bond motifs is 1. The highest BCUT2D eigenvalue weighted by atomic mass is 32.2. The van der Waals surface area contributed by atoms with Gasteiger partial charge in [0.2, 0.25) is 21.8 Å². The molecular formula is C18H18FN3O4S2. The maximum atomic E-state index is 13.0. The maximum Gasteiger partial charge on any atom is 0.244 e.